The molecule has 0 amide bonds. The Morgan fingerprint density at radius 1 is 1.37 bits per heavy atom. The van der Waals surface area contributed by atoms with Gasteiger partial charge in [0.2, 0.25) is 0 Å². The average Bonchev–Trinajstić information content (AvgIpc) is 2.44. The minimum Gasteiger partial charge on any atom is -0.496 e. The van der Waals surface area contributed by atoms with Gasteiger partial charge in [-0.25, -0.2) is 0 Å². The lowest BCUT2D eigenvalue weighted by Gasteiger charge is -2.09. The first-order valence-electron chi connectivity index (χ1n) is 6.32. The first-order chi connectivity index (χ1) is 9.24. The lowest BCUT2D eigenvalue weighted by atomic mass is 10.1. The van der Waals surface area contributed by atoms with Crippen molar-refractivity contribution < 1.29 is 14.3 Å². The van der Waals surface area contributed by atoms with Gasteiger partial charge >= 0.3 is 5.97 Å². The van der Waals surface area contributed by atoms with E-state index in [4.69, 9.17) is 9.47 Å². The molecule has 19 heavy (non-hydrogen) atoms. The number of rotatable bonds is 5. The van der Waals surface area contributed by atoms with Crippen LogP contribution in [0.15, 0.2) is 30.5 Å². The Morgan fingerprint density at radius 2 is 2.21 bits per heavy atom. The molecule has 1 aromatic heterocycles. The summed E-state index contributed by atoms with van der Waals surface area (Å²) in [7, 11) is 1.63. The zero-order valence-corrected chi connectivity index (χ0v) is 11.2. The molecule has 0 N–H and O–H groups in total. The summed E-state index contributed by atoms with van der Waals surface area (Å²) in [6.07, 6.45) is 2.70. The van der Waals surface area contributed by atoms with E-state index in [1.807, 2.05) is 24.3 Å². The quantitative estimate of drug-likeness (QED) is 0.775. The second-order valence-corrected chi connectivity index (χ2v) is 4.17. The maximum absolute atomic E-state index is 11.4. The van der Waals surface area contributed by atoms with E-state index in [-0.39, 0.29) is 5.97 Å². The van der Waals surface area contributed by atoms with E-state index in [2.05, 4.69) is 4.98 Å². The van der Waals surface area contributed by atoms with E-state index in [9.17, 15) is 4.79 Å². The standard InChI is InChI=1S/C15H17NO3/c1-3-19-15(17)7-6-12-9-13-11(5-4-8-16-13)10-14(12)18-2/h4-5,8-10H,3,6-7H2,1-2H3. The molecule has 2 rings (SSSR count). The molecule has 0 saturated heterocycles. The molecule has 1 heterocycles. The summed E-state index contributed by atoms with van der Waals surface area (Å²) in [4.78, 5) is 15.7. The maximum Gasteiger partial charge on any atom is 0.306 e. The summed E-state index contributed by atoms with van der Waals surface area (Å²) in [6, 6.07) is 7.79. The molecule has 100 valence electrons. The Bertz CT molecular complexity index is 581. The molecule has 0 aliphatic carbocycles. The van der Waals surface area contributed by atoms with Crippen molar-refractivity contribution in [3.8, 4) is 5.75 Å². The Labute approximate surface area is 112 Å². The molecule has 1 aromatic carbocycles. The fraction of sp³-hybridized carbons (Fsp3) is 0.333. The van der Waals surface area contributed by atoms with E-state index in [0.29, 0.717) is 19.4 Å². The van der Waals surface area contributed by atoms with Gasteiger partial charge in [-0.3, -0.25) is 9.78 Å². The molecular weight excluding hydrogens is 242 g/mol. The van der Waals surface area contributed by atoms with Crippen molar-refractivity contribution in [3.63, 3.8) is 0 Å². The fourth-order valence-corrected chi connectivity index (χ4v) is 2.00. The number of aryl methyl sites for hydroxylation is 1. The van der Waals surface area contributed by atoms with Crippen molar-refractivity contribution in [2.24, 2.45) is 0 Å². The molecule has 2 aromatic rings. The number of carbonyl (C=O) groups excluding carboxylic acids is 1. The normalized spacial score (nSPS) is 10.4. The van der Waals surface area contributed by atoms with E-state index in [1.165, 1.54) is 0 Å². The molecular formula is C15H17NO3. The van der Waals surface area contributed by atoms with Gasteiger partial charge in [0.1, 0.15) is 5.75 Å². The third-order valence-electron chi connectivity index (χ3n) is 2.91. The molecule has 0 aliphatic rings. The maximum atomic E-state index is 11.4. The van der Waals surface area contributed by atoms with Crippen LogP contribution in [0.25, 0.3) is 10.9 Å². The van der Waals surface area contributed by atoms with Gasteiger partial charge in [-0.05, 0) is 37.1 Å². The minimum absolute atomic E-state index is 0.189. The Balaban J connectivity index is 2.23. The molecule has 0 unspecified atom stereocenters. The number of fused-ring (bicyclic) bond motifs is 1. The number of nitrogens with zero attached hydrogens (tertiary/aromatic N) is 1. The number of ether oxygens (including phenoxy) is 2. The molecule has 0 saturated carbocycles. The third kappa shape index (κ3) is 3.22. The lowest BCUT2D eigenvalue weighted by molar-refractivity contribution is -0.143. The van der Waals surface area contributed by atoms with Crippen LogP contribution in [0.5, 0.6) is 5.75 Å². The lowest BCUT2D eigenvalue weighted by Crippen LogP contribution is -2.06. The number of esters is 1. The van der Waals surface area contributed by atoms with Gasteiger partial charge in [0.15, 0.2) is 0 Å². The zero-order valence-electron chi connectivity index (χ0n) is 11.2. The van der Waals surface area contributed by atoms with Crippen molar-refractivity contribution in [3.05, 3.63) is 36.0 Å². The van der Waals surface area contributed by atoms with Crippen LogP contribution in [-0.2, 0) is 16.0 Å². The molecule has 4 heteroatoms. The molecule has 0 bridgehead atoms. The van der Waals surface area contributed by atoms with Crippen molar-refractivity contribution in [2.75, 3.05) is 13.7 Å². The van der Waals surface area contributed by atoms with Gasteiger partial charge in [-0.2, -0.15) is 0 Å². The van der Waals surface area contributed by atoms with Crippen LogP contribution in [0.3, 0.4) is 0 Å². The van der Waals surface area contributed by atoms with Crippen LogP contribution >= 0.6 is 0 Å². The van der Waals surface area contributed by atoms with Gasteiger partial charge < -0.3 is 9.47 Å². The number of aromatic nitrogens is 1. The predicted octanol–water partition coefficient (Wildman–Crippen LogP) is 2.74. The highest BCUT2D eigenvalue weighted by atomic mass is 16.5. The van der Waals surface area contributed by atoms with E-state index in [1.54, 1.807) is 20.2 Å². The first-order valence-corrected chi connectivity index (χ1v) is 6.32. The summed E-state index contributed by atoms with van der Waals surface area (Å²) in [5.74, 6) is 0.593. The molecule has 4 nitrogen and oxygen atoms in total. The predicted molar refractivity (Wildman–Crippen MR) is 73.2 cm³/mol. The minimum atomic E-state index is -0.189. The number of pyridine rings is 1. The van der Waals surface area contributed by atoms with Gasteiger partial charge in [0.25, 0.3) is 0 Å². The fourth-order valence-electron chi connectivity index (χ4n) is 2.00. The monoisotopic (exact) mass is 259 g/mol. The van der Waals surface area contributed by atoms with Crippen molar-refractivity contribution in [1.29, 1.82) is 0 Å². The molecule has 0 spiro atoms. The Hall–Kier alpha value is -2.10. The number of methoxy groups -OCH3 is 1. The topological polar surface area (TPSA) is 48.4 Å². The summed E-state index contributed by atoms with van der Waals surface area (Å²) in [6.45, 7) is 2.22. The van der Waals surface area contributed by atoms with Crippen molar-refractivity contribution >= 4 is 16.9 Å². The zero-order chi connectivity index (χ0) is 13.7. The van der Waals surface area contributed by atoms with Crippen LogP contribution in [0.2, 0.25) is 0 Å². The summed E-state index contributed by atoms with van der Waals surface area (Å²) < 4.78 is 10.3. The van der Waals surface area contributed by atoms with Crippen LogP contribution in [0.4, 0.5) is 0 Å². The summed E-state index contributed by atoms with van der Waals surface area (Å²) in [5.41, 5.74) is 1.88. The largest absolute Gasteiger partial charge is 0.496 e. The SMILES string of the molecule is CCOC(=O)CCc1cc2ncccc2cc1OC. The number of hydrogen-bond acceptors (Lipinski definition) is 4. The number of benzene rings is 1. The van der Waals surface area contributed by atoms with Crippen LogP contribution in [0.1, 0.15) is 18.9 Å². The van der Waals surface area contributed by atoms with E-state index in [0.717, 1.165) is 22.2 Å². The van der Waals surface area contributed by atoms with Crippen molar-refractivity contribution in [1.82, 2.24) is 4.98 Å². The highest BCUT2D eigenvalue weighted by Gasteiger charge is 2.09. The highest BCUT2D eigenvalue weighted by Crippen LogP contribution is 2.25. The first kappa shape index (κ1) is 13.3. The van der Waals surface area contributed by atoms with Gasteiger partial charge in [-0.1, -0.05) is 6.07 Å². The van der Waals surface area contributed by atoms with E-state index >= 15 is 0 Å². The summed E-state index contributed by atoms with van der Waals surface area (Å²) in [5, 5.41) is 1.03. The Morgan fingerprint density at radius 3 is 2.95 bits per heavy atom. The second-order valence-electron chi connectivity index (χ2n) is 4.17. The van der Waals surface area contributed by atoms with E-state index < -0.39 is 0 Å². The molecule has 0 fully saturated rings. The summed E-state index contributed by atoms with van der Waals surface area (Å²) >= 11 is 0. The van der Waals surface area contributed by atoms with Gasteiger partial charge in [-0.15, -0.1) is 0 Å². The number of hydrogen-bond donors (Lipinski definition) is 0. The van der Waals surface area contributed by atoms with Gasteiger partial charge in [0, 0.05) is 18.0 Å². The highest BCUT2D eigenvalue weighted by molar-refractivity contribution is 5.81. The van der Waals surface area contributed by atoms with Crippen molar-refractivity contribution in [2.45, 2.75) is 19.8 Å². The Kier molecular flexibility index (Phi) is 4.34. The average molecular weight is 259 g/mol. The molecule has 0 atom stereocenters. The second kappa shape index (κ2) is 6.18. The number of carbonyl (C=O) groups is 1. The third-order valence-corrected chi connectivity index (χ3v) is 2.91. The van der Waals surface area contributed by atoms with Crippen LogP contribution in [0, 0.1) is 0 Å². The van der Waals surface area contributed by atoms with Crippen LogP contribution < -0.4 is 4.74 Å². The molecule has 0 aliphatic heterocycles. The van der Waals surface area contributed by atoms with Crippen LogP contribution in [-0.4, -0.2) is 24.7 Å². The van der Waals surface area contributed by atoms with Gasteiger partial charge in [0.05, 0.1) is 19.2 Å². The smallest absolute Gasteiger partial charge is 0.306 e. The molecule has 0 radical (unpaired) electrons.